The minimum absolute atomic E-state index is 0.0682. The number of anilines is 1. The van der Waals surface area contributed by atoms with Gasteiger partial charge in [0.05, 0.1) is 10.6 Å². The molecule has 7 heteroatoms. The first kappa shape index (κ1) is 15.9. The summed E-state index contributed by atoms with van der Waals surface area (Å²) < 4.78 is 52.9. The Balaban J connectivity index is 2.40. The van der Waals surface area contributed by atoms with E-state index in [-0.39, 0.29) is 9.72 Å². The van der Waals surface area contributed by atoms with Crippen molar-refractivity contribution in [2.45, 2.75) is 16.6 Å². The maximum Gasteiger partial charge on any atom is 0.262 e. The summed E-state index contributed by atoms with van der Waals surface area (Å²) in [7, 11) is -3.99. The van der Waals surface area contributed by atoms with Gasteiger partial charge in [0, 0.05) is 4.83 Å². The number of sulfonamides is 1. The highest BCUT2D eigenvalue weighted by Gasteiger charge is 2.18. The normalized spacial score (nSPS) is 13.0. The molecule has 1 unspecified atom stereocenters. The minimum Gasteiger partial charge on any atom is -0.279 e. The number of nitrogens with one attached hydrogen (secondary N) is 1. The van der Waals surface area contributed by atoms with Gasteiger partial charge in [-0.1, -0.05) is 34.1 Å². The van der Waals surface area contributed by atoms with E-state index in [0.717, 1.165) is 17.7 Å². The van der Waals surface area contributed by atoms with Crippen molar-refractivity contribution in [3.05, 3.63) is 59.7 Å². The maximum absolute atomic E-state index is 13.2. The molecule has 0 fully saturated rings. The highest BCUT2D eigenvalue weighted by atomic mass is 79.9. The predicted molar refractivity (Wildman–Crippen MR) is 81.0 cm³/mol. The molecule has 0 radical (unpaired) electrons. The third-order valence-corrected chi connectivity index (χ3v) is 4.69. The Morgan fingerprint density at radius 3 is 2.38 bits per heavy atom. The second-order valence-electron chi connectivity index (χ2n) is 4.38. The van der Waals surface area contributed by atoms with Crippen LogP contribution >= 0.6 is 15.9 Å². The molecule has 0 bridgehead atoms. The molecule has 112 valence electrons. The molecule has 0 aliphatic heterocycles. The molecule has 21 heavy (non-hydrogen) atoms. The van der Waals surface area contributed by atoms with Crippen LogP contribution in [-0.4, -0.2) is 8.42 Å². The largest absolute Gasteiger partial charge is 0.279 e. The zero-order chi connectivity index (χ0) is 15.6. The van der Waals surface area contributed by atoms with Crippen molar-refractivity contribution in [2.75, 3.05) is 4.72 Å². The van der Waals surface area contributed by atoms with Crippen LogP contribution in [-0.2, 0) is 10.0 Å². The van der Waals surface area contributed by atoms with E-state index in [1.165, 1.54) is 0 Å². The fourth-order valence-electron chi connectivity index (χ4n) is 1.78. The minimum atomic E-state index is -3.99. The van der Waals surface area contributed by atoms with Crippen LogP contribution in [0.5, 0.6) is 0 Å². The lowest BCUT2D eigenvalue weighted by Crippen LogP contribution is -2.14. The summed E-state index contributed by atoms with van der Waals surface area (Å²) >= 11 is 3.37. The standard InChI is InChI=1S/C14H12BrF2NO2S/c1-9(15)11-4-2-3-5-14(11)18-21(19,20)10-6-7-12(16)13(17)8-10/h2-9,18H,1H3. The van der Waals surface area contributed by atoms with E-state index in [0.29, 0.717) is 11.8 Å². The van der Waals surface area contributed by atoms with Crippen LogP contribution in [0, 0.1) is 11.6 Å². The molecule has 0 amide bonds. The molecular weight excluding hydrogens is 364 g/mol. The highest BCUT2D eigenvalue weighted by Crippen LogP contribution is 2.30. The van der Waals surface area contributed by atoms with Crippen LogP contribution in [0.15, 0.2) is 47.4 Å². The molecule has 0 heterocycles. The number of rotatable bonds is 4. The summed E-state index contributed by atoms with van der Waals surface area (Å²) in [5, 5.41) is 0. The second-order valence-corrected chi connectivity index (χ2v) is 7.44. The van der Waals surface area contributed by atoms with Crippen LogP contribution in [0.1, 0.15) is 17.3 Å². The smallest absolute Gasteiger partial charge is 0.262 e. The quantitative estimate of drug-likeness (QED) is 0.813. The fraction of sp³-hybridized carbons (Fsp3) is 0.143. The molecule has 0 aromatic heterocycles. The monoisotopic (exact) mass is 375 g/mol. The topological polar surface area (TPSA) is 46.2 Å². The molecular formula is C14H12BrF2NO2S. The Labute approximate surface area is 130 Å². The zero-order valence-corrected chi connectivity index (χ0v) is 13.4. The molecule has 0 aliphatic rings. The lowest BCUT2D eigenvalue weighted by molar-refractivity contribution is 0.504. The Bertz CT molecular complexity index is 763. The van der Waals surface area contributed by atoms with Crippen molar-refractivity contribution in [3.8, 4) is 0 Å². The Morgan fingerprint density at radius 2 is 1.76 bits per heavy atom. The predicted octanol–water partition coefficient (Wildman–Crippen LogP) is 4.22. The third kappa shape index (κ3) is 3.59. The van der Waals surface area contributed by atoms with Gasteiger partial charge in [-0.2, -0.15) is 0 Å². The average Bonchev–Trinajstić information content (AvgIpc) is 2.41. The average molecular weight is 376 g/mol. The first-order chi connectivity index (χ1) is 9.81. The first-order valence-corrected chi connectivity index (χ1v) is 8.42. The van der Waals surface area contributed by atoms with Gasteiger partial charge in [0.1, 0.15) is 0 Å². The van der Waals surface area contributed by atoms with Crippen molar-refractivity contribution in [3.63, 3.8) is 0 Å². The van der Waals surface area contributed by atoms with E-state index in [1.54, 1.807) is 24.3 Å². The van der Waals surface area contributed by atoms with Gasteiger partial charge in [0.2, 0.25) is 0 Å². The van der Waals surface area contributed by atoms with Crippen LogP contribution in [0.3, 0.4) is 0 Å². The molecule has 0 spiro atoms. The zero-order valence-electron chi connectivity index (χ0n) is 11.0. The van der Waals surface area contributed by atoms with E-state index in [2.05, 4.69) is 20.7 Å². The molecule has 2 rings (SSSR count). The van der Waals surface area contributed by atoms with Gasteiger partial charge in [-0.05, 0) is 36.8 Å². The number of hydrogen-bond acceptors (Lipinski definition) is 2. The molecule has 2 aromatic rings. The van der Waals surface area contributed by atoms with E-state index < -0.39 is 21.7 Å². The van der Waals surface area contributed by atoms with E-state index in [9.17, 15) is 17.2 Å². The molecule has 1 atom stereocenters. The molecule has 0 aliphatic carbocycles. The van der Waals surface area contributed by atoms with E-state index >= 15 is 0 Å². The lowest BCUT2D eigenvalue weighted by atomic mass is 10.1. The number of benzene rings is 2. The Morgan fingerprint density at radius 1 is 1.10 bits per heavy atom. The Hall–Kier alpha value is -1.47. The van der Waals surface area contributed by atoms with Gasteiger partial charge in [-0.15, -0.1) is 0 Å². The van der Waals surface area contributed by atoms with Crippen LogP contribution < -0.4 is 4.72 Å². The molecule has 0 saturated heterocycles. The SMILES string of the molecule is CC(Br)c1ccccc1NS(=O)(=O)c1ccc(F)c(F)c1. The van der Waals surface area contributed by atoms with Gasteiger partial charge in [-0.25, -0.2) is 17.2 Å². The van der Waals surface area contributed by atoms with Crippen molar-refractivity contribution in [2.24, 2.45) is 0 Å². The van der Waals surface area contributed by atoms with Crippen LogP contribution in [0.2, 0.25) is 0 Å². The van der Waals surface area contributed by atoms with E-state index in [4.69, 9.17) is 0 Å². The summed E-state index contributed by atoms with van der Waals surface area (Å²) in [4.78, 5) is -0.403. The first-order valence-electron chi connectivity index (χ1n) is 6.02. The molecule has 2 aromatic carbocycles. The maximum atomic E-state index is 13.2. The summed E-state index contributed by atoms with van der Waals surface area (Å²) in [6.45, 7) is 1.85. The number of halogens is 3. The third-order valence-electron chi connectivity index (χ3n) is 2.84. The summed E-state index contributed by atoms with van der Waals surface area (Å²) in [5.74, 6) is -2.30. The summed E-state index contributed by atoms with van der Waals surface area (Å²) in [5.41, 5.74) is 1.12. The van der Waals surface area contributed by atoms with Crippen molar-refractivity contribution in [1.82, 2.24) is 0 Å². The van der Waals surface area contributed by atoms with Crippen molar-refractivity contribution < 1.29 is 17.2 Å². The molecule has 3 nitrogen and oxygen atoms in total. The van der Waals surface area contributed by atoms with Crippen molar-refractivity contribution in [1.29, 1.82) is 0 Å². The highest BCUT2D eigenvalue weighted by molar-refractivity contribution is 9.09. The molecule has 0 saturated carbocycles. The van der Waals surface area contributed by atoms with E-state index in [1.807, 2.05) is 6.92 Å². The van der Waals surface area contributed by atoms with Gasteiger partial charge >= 0.3 is 0 Å². The number of para-hydroxylation sites is 1. The number of alkyl halides is 1. The van der Waals surface area contributed by atoms with Gasteiger partial charge in [0.15, 0.2) is 11.6 Å². The van der Waals surface area contributed by atoms with Crippen molar-refractivity contribution >= 4 is 31.6 Å². The lowest BCUT2D eigenvalue weighted by Gasteiger charge is -2.14. The Kier molecular flexibility index (Phi) is 4.63. The second kappa shape index (κ2) is 6.11. The molecule has 1 N–H and O–H groups in total. The fourth-order valence-corrected chi connectivity index (χ4v) is 3.28. The summed E-state index contributed by atoms with van der Waals surface area (Å²) in [6, 6.07) is 9.28. The van der Waals surface area contributed by atoms with Gasteiger partial charge in [-0.3, -0.25) is 4.72 Å². The van der Waals surface area contributed by atoms with Gasteiger partial charge in [0.25, 0.3) is 10.0 Å². The number of hydrogen-bond donors (Lipinski definition) is 1. The summed E-state index contributed by atoms with van der Waals surface area (Å²) in [6.07, 6.45) is 0. The van der Waals surface area contributed by atoms with Gasteiger partial charge < -0.3 is 0 Å². The van der Waals surface area contributed by atoms with Crippen LogP contribution in [0.4, 0.5) is 14.5 Å². The van der Waals surface area contributed by atoms with Crippen LogP contribution in [0.25, 0.3) is 0 Å².